The SMILES string of the molecule is FC(F)(F)c1ccccc1P(Br)(CCc1ccccc1)(c1ccccc1)c1ccccc1. The molecule has 4 aromatic rings. The monoisotopic (exact) mass is 514 g/mol. The summed E-state index contributed by atoms with van der Waals surface area (Å²) in [6.07, 6.45) is -3.31. The van der Waals surface area contributed by atoms with Crippen LogP contribution in [0.15, 0.2) is 115 Å². The minimum atomic E-state index is -4.47. The average Bonchev–Trinajstić information content (AvgIpc) is 2.84. The van der Waals surface area contributed by atoms with Gasteiger partial charge in [-0.25, -0.2) is 0 Å². The molecule has 0 aliphatic heterocycles. The summed E-state index contributed by atoms with van der Waals surface area (Å²) in [5, 5.41) is -1.60. The first-order valence-corrected chi connectivity index (χ1v) is 14.8. The van der Waals surface area contributed by atoms with Gasteiger partial charge in [-0.1, -0.05) is 0 Å². The van der Waals surface area contributed by atoms with Gasteiger partial charge < -0.3 is 0 Å². The molecular formula is C27H23BrF3P. The van der Waals surface area contributed by atoms with Crippen molar-refractivity contribution in [1.29, 1.82) is 0 Å². The molecule has 0 atom stereocenters. The number of hydrogen-bond acceptors (Lipinski definition) is 0. The van der Waals surface area contributed by atoms with Crippen molar-refractivity contribution in [2.75, 3.05) is 6.16 Å². The third-order valence-corrected chi connectivity index (χ3v) is 15.8. The molecule has 0 aromatic heterocycles. The van der Waals surface area contributed by atoms with Gasteiger partial charge in [-0.2, -0.15) is 0 Å². The molecule has 4 aromatic carbocycles. The molecule has 0 bridgehead atoms. The number of aryl methyl sites for hydroxylation is 1. The molecule has 0 saturated carbocycles. The predicted molar refractivity (Wildman–Crippen MR) is 134 cm³/mol. The van der Waals surface area contributed by atoms with Gasteiger partial charge in [0.1, 0.15) is 0 Å². The Morgan fingerprint density at radius 2 is 1.03 bits per heavy atom. The normalized spacial score (nSPS) is 13.3. The van der Waals surface area contributed by atoms with E-state index in [0.717, 1.165) is 16.2 Å². The van der Waals surface area contributed by atoms with Crippen molar-refractivity contribution in [3.8, 4) is 0 Å². The minimum absolute atomic E-state index is 0.319. The van der Waals surface area contributed by atoms with Crippen LogP contribution >= 0.6 is 20.8 Å². The number of halogens is 4. The fourth-order valence-corrected chi connectivity index (χ4v) is 12.2. The van der Waals surface area contributed by atoms with Gasteiger partial charge in [-0.15, -0.1) is 0 Å². The summed E-state index contributed by atoms with van der Waals surface area (Å²) in [5.74, 6) is 0. The van der Waals surface area contributed by atoms with E-state index in [2.05, 4.69) is 15.5 Å². The van der Waals surface area contributed by atoms with Crippen LogP contribution in [0.1, 0.15) is 11.1 Å². The molecule has 0 spiro atoms. The van der Waals surface area contributed by atoms with Crippen LogP contribution in [-0.4, -0.2) is 6.16 Å². The van der Waals surface area contributed by atoms with E-state index in [-0.39, 0.29) is 0 Å². The summed E-state index contributed by atoms with van der Waals surface area (Å²) in [6, 6.07) is 35.2. The maximum atomic E-state index is 14.3. The van der Waals surface area contributed by atoms with Crippen molar-refractivity contribution in [2.45, 2.75) is 12.6 Å². The van der Waals surface area contributed by atoms with E-state index < -0.39 is 17.0 Å². The van der Waals surface area contributed by atoms with E-state index >= 15 is 0 Å². The Hall–Kier alpha value is -2.42. The van der Waals surface area contributed by atoms with Crippen molar-refractivity contribution < 1.29 is 13.2 Å². The summed E-state index contributed by atoms with van der Waals surface area (Å²) < 4.78 is 43.0. The molecule has 0 fully saturated rings. The van der Waals surface area contributed by atoms with E-state index in [1.54, 1.807) is 12.1 Å². The van der Waals surface area contributed by atoms with Crippen LogP contribution in [0.3, 0.4) is 0 Å². The molecule has 0 unspecified atom stereocenters. The Bertz CT molecular complexity index is 1140. The second-order valence-electron chi connectivity index (χ2n) is 7.83. The van der Waals surface area contributed by atoms with Crippen molar-refractivity contribution in [2.24, 2.45) is 0 Å². The van der Waals surface area contributed by atoms with Crippen LogP contribution in [0, 0.1) is 0 Å². The van der Waals surface area contributed by atoms with Gasteiger partial charge in [0.05, 0.1) is 0 Å². The maximum absolute atomic E-state index is 14.3. The standard InChI is InChI=1S/C27H23BrF3P/c28-32(23-14-6-2-7-15-23,24-16-8-3-9-17-24,21-20-22-12-4-1-5-13-22)26-19-11-10-18-25(26)27(29,30)31/h1-19H,20-21H2. The average molecular weight is 515 g/mol. The van der Waals surface area contributed by atoms with Crippen molar-refractivity contribution >= 4 is 36.7 Å². The van der Waals surface area contributed by atoms with E-state index in [0.29, 0.717) is 17.9 Å². The third-order valence-electron chi connectivity index (χ3n) is 5.96. The first-order chi connectivity index (χ1) is 15.3. The predicted octanol–water partition coefficient (Wildman–Crippen LogP) is 7.09. The van der Waals surface area contributed by atoms with Gasteiger partial charge in [0, 0.05) is 0 Å². The molecule has 0 amide bonds. The van der Waals surface area contributed by atoms with E-state index in [9.17, 15) is 13.2 Å². The Kier molecular flexibility index (Phi) is 6.29. The third kappa shape index (κ3) is 4.02. The zero-order chi connectivity index (χ0) is 22.7. The molecule has 32 heavy (non-hydrogen) atoms. The molecular weight excluding hydrogens is 492 g/mol. The Balaban J connectivity index is 2.08. The Labute approximate surface area is 194 Å². The van der Waals surface area contributed by atoms with Crippen LogP contribution < -0.4 is 15.9 Å². The number of rotatable bonds is 6. The molecule has 0 aliphatic rings. The van der Waals surface area contributed by atoms with Gasteiger partial charge in [-0.05, 0) is 0 Å². The molecule has 0 aliphatic carbocycles. The summed E-state index contributed by atoms with van der Waals surface area (Å²) in [4.78, 5) is 0. The van der Waals surface area contributed by atoms with Crippen molar-refractivity contribution in [3.63, 3.8) is 0 Å². The van der Waals surface area contributed by atoms with Crippen molar-refractivity contribution in [3.05, 3.63) is 126 Å². The zero-order valence-electron chi connectivity index (χ0n) is 17.3. The van der Waals surface area contributed by atoms with E-state index in [1.807, 2.05) is 91.0 Å². The number of benzene rings is 4. The first-order valence-electron chi connectivity index (χ1n) is 10.4. The second-order valence-corrected chi connectivity index (χ2v) is 16.9. The van der Waals surface area contributed by atoms with Crippen LogP contribution in [0.4, 0.5) is 13.2 Å². The van der Waals surface area contributed by atoms with Crippen LogP contribution in [-0.2, 0) is 12.6 Å². The fourth-order valence-electron chi connectivity index (χ4n) is 4.39. The Morgan fingerprint density at radius 1 is 0.594 bits per heavy atom. The topological polar surface area (TPSA) is 0 Å². The Morgan fingerprint density at radius 3 is 1.53 bits per heavy atom. The van der Waals surface area contributed by atoms with Gasteiger partial charge in [0.2, 0.25) is 0 Å². The summed E-state index contributed by atoms with van der Waals surface area (Å²) in [5.41, 5.74) is 0.507. The second kappa shape index (κ2) is 8.84. The van der Waals surface area contributed by atoms with Crippen molar-refractivity contribution in [1.82, 2.24) is 0 Å². The van der Waals surface area contributed by atoms with Crippen LogP contribution in [0.25, 0.3) is 0 Å². The molecule has 0 N–H and O–H groups in total. The zero-order valence-corrected chi connectivity index (χ0v) is 19.8. The van der Waals surface area contributed by atoms with Gasteiger partial charge in [0.25, 0.3) is 0 Å². The summed E-state index contributed by atoms with van der Waals surface area (Å²) in [6.45, 7) is 0. The molecule has 0 heterocycles. The molecule has 0 nitrogen and oxygen atoms in total. The van der Waals surface area contributed by atoms with Crippen LogP contribution in [0.5, 0.6) is 0 Å². The molecule has 164 valence electrons. The van der Waals surface area contributed by atoms with Gasteiger partial charge >= 0.3 is 195 Å². The van der Waals surface area contributed by atoms with Gasteiger partial charge in [-0.3, -0.25) is 0 Å². The molecule has 0 radical (unpaired) electrons. The first kappa shape index (κ1) is 22.8. The summed E-state index contributed by atoms with van der Waals surface area (Å²) >= 11 is 4.15. The molecule has 5 heteroatoms. The fraction of sp³-hybridized carbons (Fsp3) is 0.111. The quantitative estimate of drug-likeness (QED) is 0.241. The number of hydrogen-bond donors (Lipinski definition) is 0. The summed E-state index contributed by atoms with van der Waals surface area (Å²) in [7, 11) is 0. The molecule has 0 saturated heterocycles. The number of alkyl halides is 3. The van der Waals surface area contributed by atoms with E-state index in [1.165, 1.54) is 12.1 Å². The molecule has 4 rings (SSSR count). The van der Waals surface area contributed by atoms with Crippen LogP contribution in [0.2, 0.25) is 0 Å². The van der Waals surface area contributed by atoms with Gasteiger partial charge in [0.15, 0.2) is 0 Å². The van der Waals surface area contributed by atoms with E-state index in [4.69, 9.17) is 0 Å².